The highest BCUT2D eigenvalue weighted by molar-refractivity contribution is 7.93. The standard InChI is InChI=1S/C25H25F3N4O2S.C24H26F3N5O2S/c1-2-16-32-17-7-3-4-9-18-10-5-6-11-19(18)24-20(25(26,27)28)14-15-21(29-24)31-35(33,34)23-13-8-12-22(32)30-23;25-24(26,27)19-12-13-20-29-23(19)18-9-4-3-8-17(18)7-2-1-5-15-32(16-14-28)21-10-6-11-22(30-21)35(33,34)31-20/h4-6,8-15H,2-3,7,16-17H2,1H3,(H,29,31);3-4,6,8-13H,1-2,5,7,14-16,28H2,(H,29,31)/b9-4+;. The molecular weight excluding hydrogens is 957 g/mol. The van der Waals surface area contributed by atoms with Crippen molar-refractivity contribution in [3.63, 3.8) is 0 Å². The molecule has 0 spiro atoms. The number of nitrogens with one attached hydrogen (secondary N) is 2. The number of nitrogens with two attached hydrogens (primary N) is 1. The fourth-order valence-corrected chi connectivity index (χ4v) is 10.0. The van der Waals surface area contributed by atoms with E-state index >= 15 is 0 Å². The zero-order valence-electron chi connectivity index (χ0n) is 38.0. The van der Waals surface area contributed by atoms with Crippen molar-refractivity contribution >= 4 is 49.4 Å². The summed E-state index contributed by atoms with van der Waals surface area (Å²) >= 11 is 0. The van der Waals surface area contributed by atoms with Crippen LogP contribution in [0.2, 0.25) is 0 Å². The predicted octanol–water partition coefficient (Wildman–Crippen LogP) is 10.4. The molecule has 370 valence electrons. The van der Waals surface area contributed by atoms with Gasteiger partial charge in [0.15, 0.2) is 10.1 Å². The fraction of sp³-hybridized carbons (Fsp3) is 0.306. The molecule has 0 saturated carbocycles. The highest BCUT2D eigenvalue weighted by atomic mass is 32.2. The number of hydrogen-bond acceptors (Lipinski definition) is 11. The number of benzene rings is 2. The van der Waals surface area contributed by atoms with Crippen molar-refractivity contribution in [1.29, 1.82) is 0 Å². The molecule has 0 unspecified atom stereocenters. The van der Waals surface area contributed by atoms with Crippen LogP contribution < -0.4 is 25.0 Å². The minimum atomic E-state index is -4.67. The van der Waals surface area contributed by atoms with E-state index in [1.807, 2.05) is 22.8 Å². The average molecular weight is 1010 g/mol. The van der Waals surface area contributed by atoms with Crippen molar-refractivity contribution in [2.45, 2.75) is 74.3 Å². The van der Waals surface area contributed by atoms with Crippen molar-refractivity contribution in [3.05, 3.63) is 138 Å². The molecule has 0 saturated heterocycles. The molecule has 21 heteroatoms. The molecule has 8 rings (SSSR count). The van der Waals surface area contributed by atoms with Crippen LogP contribution in [0, 0.1) is 0 Å². The van der Waals surface area contributed by atoms with Crippen LogP contribution in [-0.2, 0) is 38.8 Å². The number of rotatable bonds is 4. The number of anilines is 4. The van der Waals surface area contributed by atoms with Gasteiger partial charge in [-0.25, -0.2) is 19.9 Å². The third kappa shape index (κ3) is 12.6. The van der Waals surface area contributed by atoms with Gasteiger partial charge >= 0.3 is 12.4 Å². The second-order valence-electron chi connectivity index (χ2n) is 16.4. The van der Waals surface area contributed by atoms with Gasteiger partial charge in [-0.1, -0.05) is 86.2 Å². The second kappa shape index (κ2) is 22.0. The monoisotopic (exact) mass is 1010 g/mol. The summed E-state index contributed by atoms with van der Waals surface area (Å²) in [5, 5.41) is -0.487. The predicted molar refractivity (Wildman–Crippen MR) is 259 cm³/mol. The Hall–Kier alpha value is -6.58. The third-order valence-corrected chi connectivity index (χ3v) is 13.9. The minimum absolute atomic E-state index is 0.221. The quantitative estimate of drug-likeness (QED) is 0.143. The highest BCUT2D eigenvalue weighted by Crippen LogP contribution is 2.40. The summed E-state index contributed by atoms with van der Waals surface area (Å²) in [5.41, 5.74) is 5.11. The number of pyridine rings is 4. The van der Waals surface area contributed by atoms with E-state index in [1.54, 1.807) is 78.9 Å². The van der Waals surface area contributed by atoms with Crippen molar-refractivity contribution in [2.24, 2.45) is 5.73 Å². The first-order valence-electron chi connectivity index (χ1n) is 22.6. The van der Waals surface area contributed by atoms with Crippen LogP contribution in [0.25, 0.3) is 28.6 Å². The van der Waals surface area contributed by atoms with E-state index in [9.17, 15) is 43.2 Å². The molecule has 6 heterocycles. The van der Waals surface area contributed by atoms with Crippen molar-refractivity contribution in [3.8, 4) is 22.5 Å². The summed E-state index contributed by atoms with van der Waals surface area (Å²) in [6.07, 6.45) is -0.351. The third-order valence-electron chi connectivity index (χ3n) is 11.3. The molecule has 0 fully saturated rings. The Morgan fingerprint density at radius 1 is 0.586 bits per heavy atom. The Morgan fingerprint density at radius 2 is 1.11 bits per heavy atom. The topological polar surface area (TPSA) is 176 Å². The lowest BCUT2D eigenvalue weighted by Gasteiger charge is -2.24. The summed E-state index contributed by atoms with van der Waals surface area (Å²) in [5.74, 6) is 0.548. The molecule has 0 aliphatic carbocycles. The van der Waals surface area contributed by atoms with Gasteiger partial charge in [-0.3, -0.25) is 9.44 Å². The summed E-state index contributed by atoms with van der Waals surface area (Å²) in [4.78, 5) is 20.8. The van der Waals surface area contributed by atoms with E-state index in [2.05, 4.69) is 29.4 Å². The number of nitrogens with zero attached hydrogens (tertiary/aromatic N) is 6. The van der Waals surface area contributed by atoms with Crippen molar-refractivity contribution in [1.82, 2.24) is 19.9 Å². The molecule has 0 radical (unpaired) electrons. The summed E-state index contributed by atoms with van der Waals surface area (Å²) < 4.78 is 140. The SMILES string of the molecule is CCCN1CCC/C=C/c2ccccc2-c2nc(ccc2C(F)(F)F)NS(=O)(=O)c2cccc1n2.NCCN1CCCCCc2ccccc2-c2nc(ccc2C(F)(F)F)NS(=O)(=O)c2cccc1n2. The maximum absolute atomic E-state index is 13.9. The second-order valence-corrected chi connectivity index (χ2v) is 19.7. The molecule has 2 aliphatic heterocycles. The zero-order chi connectivity index (χ0) is 50.1. The van der Waals surface area contributed by atoms with Crippen LogP contribution in [0.3, 0.4) is 0 Å². The lowest BCUT2D eigenvalue weighted by atomic mass is 9.96. The lowest BCUT2D eigenvalue weighted by molar-refractivity contribution is -0.138. The molecule has 2 aromatic carbocycles. The van der Waals surface area contributed by atoms with Crippen LogP contribution in [0.1, 0.15) is 67.7 Å². The molecular formula is C49H51F6N9O4S2. The lowest BCUT2D eigenvalue weighted by Crippen LogP contribution is -2.31. The first kappa shape index (κ1) is 51.3. The van der Waals surface area contributed by atoms with Gasteiger partial charge in [0.2, 0.25) is 0 Å². The number of sulfonamides is 2. The number of fused-ring (bicyclic) bond motifs is 12. The van der Waals surface area contributed by atoms with Gasteiger partial charge in [0.1, 0.15) is 23.3 Å². The molecule has 4 N–H and O–H groups in total. The Balaban J connectivity index is 0.000000206. The molecule has 13 nitrogen and oxygen atoms in total. The maximum atomic E-state index is 13.9. The van der Waals surface area contributed by atoms with Crippen LogP contribution >= 0.6 is 0 Å². The van der Waals surface area contributed by atoms with E-state index in [0.29, 0.717) is 68.3 Å². The number of allylic oxidation sites excluding steroid dienone is 1. The first-order chi connectivity index (χ1) is 33.4. The normalized spacial score (nSPS) is 16.5. The molecule has 8 bridgehead atoms. The molecule has 0 atom stereocenters. The van der Waals surface area contributed by atoms with Crippen molar-refractivity contribution in [2.75, 3.05) is 52.0 Å². The molecule has 0 amide bonds. The van der Waals surface area contributed by atoms with E-state index in [-0.39, 0.29) is 38.6 Å². The molecule has 70 heavy (non-hydrogen) atoms. The number of halogens is 6. The summed E-state index contributed by atoms with van der Waals surface area (Å²) in [6, 6.07) is 26.5. The van der Waals surface area contributed by atoms with E-state index in [4.69, 9.17) is 5.73 Å². The Kier molecular flexibility index (Phi) is 16.1. The first-order valence-corrected chi connectivity index (χ1v) is 25.5. The van der Waals surface area contributed by atoms with Crippen LogP contribution in [0.15, 0.2) is 125 Å². The van der Waals surface area contributed by atoms with E-state index in [0.717, 1.165) is 61.9 Å². The Labute approximate surface area is 403 Å². The minimum Gasteiger partial charge on any atom is -0.357 e. The van der Waals surface area contributed by atoms with Gasteiger partial charge in [0, 0.05) is 43.9 Å². The molecule has 4 aromatic heterocycles. The largest absolute Gasteiger partial charge is 0.418 e. The van der Waals surface area contributed by atoms with Gasteiger partial charge in [0.25, 0.3) is 20.0 Å². The number of aryl methyl sites for hydroxylation is 1. The Bertz CT molecular complexity index is 3050. The van der Waals surface area contributed by atoms with Crippen LogP contribution in [0.5, 0.6) is 0 Å². The Morgan fingerprint density at radius 3 is 1.69 bits per heavy atom. The fourth-order valence-electron chi connectivity index (χ4n) is 8.08. The number of hydrogen-bond donors (Lipinski definition) is 3. The van der Waals surface area contributed by atoms with E-state index in [1.165, 1.54) is 12.1 Å². The van der Waals surface area contributed by atoms with Crippen LogP contribution in [-0.4, -0.2) is 69.5 Å². The van der Waals surface area contributed by atoms with Crippen LogP contribution in [0.4, 0.5) is 49.6 Å². The summed E-state index contributed by atoms with van der Waals surface area (Å²) in [6.45, 7) is 4.91. The number of aromatic nitrogens is 4. The summed E-state index contributed by atoms with van der Waals surface area (Å²) in [7, 11) is -8.40. The zero-order valence-corrected chi connectivity index (χ0v) is 39.6. The van der Waals surface area contributed by atoms with Gasteiger partial charge < -0.3 is 15.5 Å². The van der Waals surface area contributed by atoms with Crippen molar-refractivity contribution < 1.29 is 43.2 Å². The average Bonchev–Trinajstić information content (AvgIpc) is 3.32. The van der Waals surface area contributed by atoms with Gasteiger partial charge in [-0.2, -0.15) is 43.2 Å². The smallest absolute Gasteiger partial charge is 0.357 e. The highest BCUT2D eigenvalue weighted by Gasteiger charge is 2.37. The number of alkyl halides is 6. The van der Waals surface area contributed by atoms with Gasteiger partial charge in [-0.05, 0) is 98.2 Å². The maximum Gasteiger partial charge on any atom is 0.418 e. The van der Waals surface area contributed by atoms with E-state index < -0.39 is 43.5 Å². The van der Waals surface area contributed by atoms with Gasteiger partial charge in [-0.15, -0.1) is 0 Å². The molecule has 6 aromatic rings. The molecule has 2 aliphatic rings. The van der Waals surface area contributed by atoms with Gasteiger partial charge in [0.05, 0.1) is 22.5 Å².